The Morgan fingerprint density at radius 2 is 1.73 bits per heavy atom. The van der Waals surface area contributed by atoms with Gasteiger partial charge in [-0.2, -0.15) is 0 Å². The van der Waals surface area contributed by atoms with Crippen LogP contribution < -0.4 is 14.8 Å². The third-order valence-electron chi connectivity index (χ3n) is 5.31. The van der Waals surface area contributed by atoms with E-state index in [9.17, 15) is 4.79 Å². The maximum atomic E-state index is 12.9. The van der Waals surface area contributed by atoms with Crippen LogP contribution in [-0.2, 0) is 4.79 Å². The maximum absolute atomic E-state index is 12.9. The highest BCUT2D eigenvalue weighted by Crippen LogP contribution is 2.23. The van der Waals surface area contributed by atoms with Crippen LogP contribution in [0.4, 0.5) is 0 Å². The number of nitrogens with one attached hydrogen (secondary N) is 1. The summed E-state index contributed by atoms with van der Waals surface area (Å²) in [7, 11) is 1.63. The summed E-state index contributed by atoms with van der Waals surface area (Å²) in [6.45, 7) is 7.31. The Hall–Kier alpha value is -3.94. The Kier molecular flexibility index (Phi) is 6.00. The van der Waals surface area contributed by atoms with Crippen LogP contribution in [0.5, 0.6) is 11.5 Å². The van der Waals surface area contributed by atoms with Gasteiger partial charge in [0.2, 0.25) is 0 Å². The van der Waals surface area contributed by atoms with Crippen LogP contribution in [0.25, 0.3) is 16.9 Å². The van der Waals surface area contributed by atoms with E-state index in [-0.39, 0.29) is 5.91 Å². The number of nitrogens with zero attached hydrogens (tertiary/aromatic N) is 4. The van der Waals surface area contributed by atoms with Crippen molar-refractivity contribution in [2.24, 2.45) is 0 Å². The molecule has 8 nitrogen and oxygen atoms in total. The maximum Gasteiger partial charge on any atom is 0.264 e. The molecule has 2 heterocycles. The molecule has 0 saturated carbocycles. The zero-order valence-electron chi connectivity index (χ0n) is 19.4. The molecule has 4 rings (SSSR count). The lowest BCUT2D eigenvalue weighted by Crippen LogP contribution is -2.47. The van der Waals surface area contributed by atoms with Crippen LogP contribution in [0.3, 0.4) is 0 Å². The van der Waals surface area contributed by atoms with Gasteiger partial charge >= 0.3 is 0 Å². The van der Waals surface area contributed by atoms with Gasteiger partial charge in [0.1, 0.15) is 17.8 Å². The molecule has 0 aliphatic rings. The summed E-state index contributed by atoms with van der Waals surface area (Å²) in [6, 6.07) is 16.7. The molecule has 170 valence electrons. The minimum Gasteiger partial charge on any atom is -0.497 e. The lowest BCUT2D eigenvalue weighted by molar-refractivity contribution is -0.135. The van der Waals surface area contributed by atoms with Crippen molar-refractivity contribution < 1.29 is 14.3 Å². The first-order valence-corrected chi connectivity index (χ1v) is 10.7. The number of hydrogen-bond donors (Lipinski definition) is 1. The number of carbonyl (C=O) groups excluding carboxylic acids is 1. The molecule has 1 amide bonds. The summed E-state index contributed by atoms with van der Waals surface area (Å²) >= 11 is 0. The molecule has 0 aliphatic carbocycles. The molecule has 0 aliphatic heterocycles. The van der Waals surface area contributed by atoms with E-state index in [0.717, 1.165) is 22.6 Å². The van der Waals surface area contributed by atoms with E-state index in [4.69, 9.17) is 9.47 Å². The van der Waals surface area contributed by atoms with Gasteiger partial charge in [-0.3, -0.25) is 4.79 Å². The van der Waals surface area contributed by atoms with Gasteiger partial charge in [-0.05, 0) is 64.1 Å². The minimum atomic E-state index is -1.06. The fourth-order valence-corrected chi connectivity index (χ4v) is 3.30. The van der Waals surface area contributed by atoms with Crippen molar-refractivity contribution >= 4 is 11.6 Å². The standard InChI is InChI=1S/C25H27N5O3/c1-16-6-10-20(11-7-16)33-25(3,4)24(31)27-17(2)23-28-22-14-21(26-15-30(22)29-23)18-8-12-19(32-5)13-9-18/h6-15,17H,1-5H3,(H,27,31)/t17-/m0/s1. The monoisotopic (exact) mass is 445 g/mol. The lowest BCUT2D eigenvalue weighted by atomic mass is 10.1. The van der Waals surface area contributed by atoms with E-state index in [1.54, 1.807) is 31.8 Å². The SMILES string of the molecule is COc1ccc(-c2cc3nc([C@H](C)NC(=O)C(C)(C)Oc4ccc(C)cc4)nn3cn2)cc1. The number of carbonyl (C=O) groups is 1. The largest absolute Gasteiger partial charge is 0.497 e. The summed E-state index contributed by atoms with van der Waals surface area (Å²) in [4.78, 5) is 22.0. The van der Waals surface area contributed by atoms with Gasteiger partial charge in [-0.15, -0.1) is 5.10 Å². The summed E-state index contributed by atoms with van der Waals surface area (Å²) in [5.74, 6) is 1.65. The number of methoxy groups -OCH3 is 1. The van der Waals surface area contributed by atoms with Crippen molar-refractivity contribution in [3.05, 3.63) is 72.3 Å². The third kappa shape index (κ3) is 4.95. The van der Waals surface area contributed by atoms with Crippen LogP contribution in [0.1, 0.15) is 38.2 Å². The second-order valence-corrected chi connectivity index (χ2v) is 8.40. The van der Waals surface area contributed by atoms with Crippen molar-refractivity contribution in [1.82, 2.24) is 24.9 Å². The average Bonchev–Trinajstić information content (AvgIpc) is 3.24. The number of ether oxygens (including phenoxy) is 2. The summed E-state index contributed by atoms with van der Waals surface area (Å²) in [6.07, 6.45) is 1.62. The van der Waals surface area contributed by atoms with Gasteiger partial charge in [0, 0.05) is 11.6 Å². The molecular formula is C25H27N5O3. The van der Waals surface area contributed by atoms with Crippen LogP contribution in [0.2, 0.25) is 0 Å². The average molecular weight is 446 g/mol. The molecule has 0 spiro atoms. The highest BCUT2D eigenvalue weighted by atomic mass is 16.5. The minimum absolute atomic E-state index is 0.258. The Bertz CT molecular complexity index is 1260. The van der Waals surface area contributed by atoms with Crippen molar-refractivity contribution in [3.63, 3.8) is 0 Å². The fourth-order valence-electron chi connectivity index (χ4n) is 3.30. The zero-order chi connectivity index (χ0) is 23.6. The Balaban J connectivity index is 1.48. The number of amides is 1. The Labute approximate surface area is 192 Å². The van der Waals surface area contributed by atoms with E-state index >= 15 is 0 Å². The molecule has 1 atom stereocenters. The number of hydrogen-bond acceptors (Lipinski definition) is 6. The first-order valence-electron chi connectivity index (χ1n) is 10.7. The molecule has 2 aromatic carbocycles. The zero-order valence-corrected chi connectivity index (χ0v) is 19.4. The van der Waals surface area contributed by atoms with Crippen LogP contribution in [0, 0.1) is 6.92 Å². The van der Waals surface area contributed by atoms with E-state index in [0.29, 0.717) is 17.2 Å². The smallest absolute Gasteiger partial charge is 0.264 e. The van der Waals surface area contributed by atoms with Crippen molar-refractivity contribution in [2.75, 3.05) is 7.11 Å². The van der Waals surface area contributed by atoms with E-state index in [1.807, 2.05) is 68.4 Å². The summed E-state index contributed by atoms with van der Waals surface area (Å²) in [5.41, 5.74) is 2.42. The number of aromatic nitrogens is 4. The molecule has 4 aromatic rings. The fraction of sp³-hybridized carbons (Fsp3) is 0.280. The van der Waals surface area contributed by atoms with Crippen molar-refractivity contribution in [1.29, 1.82) is 0 Å². The van der Waals surface area contributed by atoms with E-state index < -0.39 is 11.6 Å². The predicted molar refractivity (Wildman–Crippen MR) is 125 cm³/mol. The topological polar surface area (TPSA) is 90.6 Å². The summed E-state index contributed by atoms with van der Waals surface area (Å²) < 4.78 is 12.7. The highest BCUT2D eigenvalue weighted by molar-refractivity contribution is 5.85. The first-order chi connectivity index (χ1) is 15.7. The first kappa shape index (κ1) is 22.3. The second kappa shape index (κ2) is 8.90. The lowest BCUT2D eigenvalue weighted by Gasteiger charge is -2.26. The molecule has 0 radical (unpaired) electrons. The van der Waals surface area contributed by atoms with Gasteiger partial charge in [-0.25, -0.2) is 14.5 Å². The number of rotatable bonds is 7. The molecule has 33 heavy (non-hydrogen) atoms. The molecule has 1 N–H and O–H groups in total. The van der Waals surface area contributed by atoms with E-state index in [2.05, 4.69) is 20.4 Å². The van der Waals surface area contributed by atoms with E-state index in [1.165, 1.54) is 0 Å². The van der Waals surface area contributed by atoms with Crippen LogP contribution in [-0.4, -0.2) is 38.2 Å². The quantitative estimate of drug-likeness (QED) is 0.460. The van der Waals surface area contributed by atoms with Gasteiger partial charge in [0.05, 0.1) is 18.8 Å². The molecule has 0 bridgehead atoms. The molecule has 0 unspecified atom stereocenters. The Morgan fingerprint density at radius 1 is 1.06 bits per heavy atom. The van der Waals surface area contributed by atoms with Gasteiger partial charge in [-0.1, -0.05) is 17.7 Å². The molecule has 0 saturated heterocycles. The number of benzene rings is 2. The highest BCUT2D eigenvalue weighted by Gasteiger charge is 2.31. The molecule has 2 aromatic heterocycles. The molecule has 8 heteroatoms. The predicted octanol–water partition coefficient (Wildman–Crippen LogP) is 4.14. The summed E-state index contributed by atoms with van der Waals surface area (Å²) in [5, 5.41) is 7.42. The van der Waals surface area contributed by atoms with Crippen LogP contribution >= 0.6 is 0 Å². The second-order valence-electron chi connectivity index (χ2n) is 8.40. The van der Waals surface area contributed by atoms with Gasteiger partial charge in [0.25, 0.3) is 5.91 Å². The van der Waals surface area contributed by atoms with Gasteiger partial charge in [0.15, 0.2) is 17.1 Å². The molecule has 0 fully saturated rings. The van der Waals surface area contributed by atoms with Crippen molar-refractivity contribution in [3.8, 4) is 22.8 Å². The van der Waals surface area contributed by atoms with Crippen molar-refractivity contribution in [2.45, 2.75) is 39.3 Å². The number of aryl methyl sites for hydroxylation is 1. The normalized spacial score (nSPS) is 12.4. The van der Waals surface area contributed by atoms with Crippen LogP contribution in [0.15, 0.2) is 60.9 Å². The molecular weight excluding hydrogens is 418 g/mol. The number of fused-ring (bicyclic) bond motifs is 1. The third-order valence-corrected chi connectivity index (χ3v) is 5.31. The van der Waals surface area contributed by atoms with Gasteiger partial charge < -0.3 is 14.8 Å². The Morgan fingerprint density at radius 3 is 2.39 bits per heavy atom.